The molecule has 0 bridgehead atoms. The van der Waals surface area contributed by atoms with E-state index in [2.05, 4.69) is 10.6 Å². The molecule has 0 aliphatic rings. The van der Waals surface area contributed by atoms with Gasteiger partial charge in [-0.2, -0.15) is 0 Å². The Morgan fingerprint density at radius 3 is 1.97 bits per heavy atom. The molecule has 0 aliphatic carbocycles. The van der Waals surface area contributed by atoms with Gasteiger partial charge in [-0.15, -0.1) is 0 Å². The van der Waals surface area contributed by atoms with Gasteiger partial charge in [0.25, 0.3) is 0 Å². The summed E-state index contributed by atoms with van der Waals surface area (Å²) >= 11 is 0. The number of amides is 3. The Hall–Kier alpha value is -4.08. The molecule has 10 nitrogen and oxygen atoms in total. The second kappa shape index (κ2) is 13.1. The number of rotatable bonds is 9. The number of alkyl carbamates (subject to hydrolysis) is 1. The second-order valence-electron chi connectivity index (χ2n) is 11.1. The summed E-state index contributed by atoms with van der Waals surface area (Å²) in [6, 6.07) is 12.7. The maximum absolute atomic E-state index is 13.7. The predicted molar refractivity (Wildman–Crippen MR) is 146 cm³/mol. The Balaban J connectivity index is 2.31. The quantitative estimate of drug-likeness (QED) is 0.414. The third-order valence-electron chi connectivity index (χ3n) is 5.31. The first kappa shape index (κ1) is 31.1. The molecule has 2 unspecified atom stereocenters. The molecule has 2 rings (SSSR count). The normalized spacial score (nSPS) is 13.0. The lowest BCUT2D eigenvalue weighted by Crippen LogP contribution is -2.51. The molecule has 3 N–H and O–H groups in total. The molecule has 2 atom stereocenters. The molecule has 3 amide bonds. The first-order valence-electron chi connectivity index (χ1n) is 12.6. The van der Waals surface area contributed by atoms with Crippen LogP contribution in [0.5, 0.6) is 5.75 Å². The molecular formula is C29H39N3O7. The van der Waals surface area contributed by atoms with Crippen LogP contribution < -0.4 is 10.6 Å². The minimum atomic E-state index is -1.18. The largest absolute Gasteiger partial charge is 0.508 e. The van der Waals surface area contributed by atoms with Gasteiger partial charge in [0.1, 0.15) is 35.6 Å². The van der Waals surface area contributed by atoms with Crippen LogP contribution in [0.4, 0.5) is 4.79 Å². The molecule has 10 heteroatoms. The number of likely N-dealkylation sites (N-methyl/N-ethyl adjacent to an activating group) is 1. The van der Waals surface area contributed by atoms with E-state index in [1.54, 1.807) is 41.5 Å². The average Bonchev–Trinajstić information content (AvgIpc) is 2.82. The fourth-order valence-electron chi connectivity index (χ4n) is 3.60. The summed E-state index contributed by atoms with van der Waals surface area (Å²) in [6.45, 7) is 9.86. The number of esters is 1. The van der Waals surface area contributed by atoms with Crippen LogP contribution in [0, 0.1) is 0 Å². The Morgan fingerprint density at radius 1 is 0.872 bits per heavy atom. The van der Waals surface area contributed by atoms with Crippen LogP contribution in [0.25, 0.3) is 0 Å². The van der Waals surface area contributed by atoms with E-state index in [-0.39, 0.29) is 12.2 Å². The summed E-state index contributed by atoms with van der Waals surface area (Å²) in [7, 11) is 1.41. The van der Waals surface area contributed by atoms with Gasteiger partial charge in [0.2, 0.25) is 11.8 Å². The predicted octanol–water partition coefficient (Wildman–Crippen LogP) is 3.49. The topological polar surface area (TPSA) is 134 Å². The van der Waals surface area contributed by atoms with Crippen LogP contribution in [-0.4, -0.2) is 64.7 Å². The minimum absolute atomic E-state index is 0.0193. The van der Waals surface area contributed by atoms with E-state index in [0.29, 0.717) is 5.56 Å². The van der Waals surface area contributed by atoms with Crippen molar-refractivity contribution >= 4 is 23.9 Å². The zero-order valence-electron chi connectivity index (χ0n) is 23.6. The number of phenols is 1. The zero-order valence-corrected chi connectivity index (χ0v) is 23.6. The molecule has 0 fully saturated rings. The third-order valence-corrected chi connectivity index (χ3v) is 5.31. The van der Waals surface area contributed by atoms with Crippen LogP contribution in [0.3, 0.4) is 0 Å². The molecule has 0 saturated carbocycles. The number of phenolic OH excluding ortho intramolecular Hbond substituents is 1. The highest BCUT2D eigenvalue weighted by Crippen LogP contribution is 2.23. The maximum Gasteiger partial charge on any atom is 0.408 e. The number of ether oxygens (including phenoxy) is 2. The molecule has 0 aromatic heterocycles. The van der Waals surface area contributed by atoms with Crippen molar-refractivity contribution in [3.63, 3.8) is 0 Å². The summed E-state index contributed by atoms with van der Waals surface area (Å²) in [6.07, 6.45) is -0.607. The Kier molecular flexibility index (Phi) is 10.5. The van der Waals surface area contributed by atoms with Gasteiger partial charge in [-0.25, -0.2) is 9.59 Å². The lowest BCUT2D eigenvalue weighted by molar-refractivity contribution is -0.159. The van der Waals surface area contributed by atoms with Crippen molar-refractivity contribution < 1.29 is 33.8 Å². The van der Waals surface area contributed by atoms with Crippen molar-refractivity contribution in [1.82, 2.24) is 15.5 Å². The standard InChI is InChI=1S/C29H39N3O7/c1-28(2,3)38-26(36)22(17-19-11-9-8-10-12-19)31-25(35)24(20-13-15-21(33)16-14-20)32(7)23(34)18-30-27(37)39-29(4,5)6/h8-16,22,24,33H,17-18H2,1-7H3,(H,30,37)(H,31,35). The first-order valence-corrected chi connectivity index (χ1v) is 12.6. The molecule has 2 aromatic rings. The second-order valence-corrected chi connectivity index (χ2v) is 11.1. The van der Waals surface area contributed by atoms with Crippen molar-refractivity contribution in [3.05, 3.63) is 65.7 Å². The first-order chi connectivity index (χ1) is 18.1. The van der Waals surface area contributed by atoms with Gasteiger partial charge in [-0.3, -0.25) is 9.59 Å². The van der Waals surface area contributed by atoms with E-state index in [1.807, 2.05) is 30.3 Å². The summed E-state index contributed by atoms with van der Waals surface area (Å²) < 4.78 is 10.7. The van der Waals surface area contributed by atoms with Gasteiger partial charge in [-0.05, 0) is 64.8 Å². The number of hydrogen-bond acceptors (Lipinski definition) is 7. The lowest BCUT2D eigenvalue weighted by Gasteiger charge is -2.30. The number of nitrogens with zero attached hydrogens (tertiary/aromatic N) is 1. The molecule has 212 valence electrons. The van der Waals surface area contributed by atoms with Crippen LogP contribution in [0.2, 0.25) is 0 Å². The van der Waals surface area contributed by atoms with Crippen molar-refractivity contribution in [2.24, 2.45) is 0 Å². The molecule has 0 spiro atoms. The molecule has 0 aliphatic heterocycles. The summed E-state index contributed by atoms with van der Waals surface area (Å²) in [4.78, 5) is 53.0. The van der Waals surface area contributed by atoms with Gasteiger partial charge in [0.05, 0.1) is 0 Å². The van der Waals surface area contributed by atoms with E-state index in [1.165, 1.54) is 31.3 Å². The van der Waals surface area contributed by atoms with Crippen LogP contribution >= 0.6 is 0 Å². The molecule has 0 heterocycles. The number of nitrogens with one attached hydrogen (secondary N) is 2. The van der Waals surface area contributed by atoms with E-state index < -0.39 is 53.7 Å². The highest BCUT2D eigenvalue weighted by atomic mass is 16.6. The maximum atomic E-state index is 13.7. The van der Waals surface area contributed by atoms with Crippen LogP contribution in [0.1, 0.15) is 58.7 Å². The Labute approximate surface area is 229 Å². The van der Waals surface area contributed by atoms with Gasteiger partial charge in [-0.1, -0.05) is 42.5 Å². The lowest BCUT2D eigenvalue weighted by atomic mass is 10.0. The van der Waals surface area contributed by atoms with E-state index in [9.17, 15) is 24.3 Å². The SMILES string of the molecule is CN(C(=O)CNC(=O)OC(C)(C)C)C(C(=O)NC(Cc1ccccc1)C(=O)OC(C)(C)C)c1ccc(O)cc1. The minimum Gasteiger partial charge on any atom is -0.508 e. The average molecular weight is 542 g/mol. The van der Waals surface area contributed by atoms with Gasteiger partial charge >= 0.3 is 12.1 Å². The molecular weight excluding hydrogens is 502 g/mol. The van der Waals surface area contributed by atoms with Gasteiger partial charge < -0.3 is 30.1 Å². The number of carbonyl (C=O) groups is 4. The fraction of sp³-hybridized carbons (Fsp3) is 0.448. The van der Waals surface area contributed by atoms with Crippen molar-refractivity contribution in [3.8, 4) is 5.75 Å². The monoisotopic (exact) mass is 541 g/mol. The summed E-state index contributed by atoms with van der Waals surface area (Å²) in [5.41, 5.74) is -0.335. The number of hydrogen-bond donors (Lipinski definition) is 3. The molecule has 39 heavy (non-hydrogen) atoms. The summed E-state index contributed by atoms with van der Waals surface area (Å²) in [5, 5.41) is 14.9. The van der Waals surface area contributed by atoms with Crippen molar-refractivity contribution in [1.29, 1.82) is 0 Å². The zero-order chi connectivity index (χ0) is 29.4. The van der Waals surface area contributed by atoms with Crippen LogP contribution in [-0.2, 0) is 30.3 Å². The highest BCUT2D eigenvalue weighted by Gasteiger charge is 2.34. The Morgan fingerprint density at radius 2 is 1.44 bits per heavy atom. The Bertz CT molecular complexity index is 1140. The number of carbonyl (C=O) groups excluding carboxylic acids is 4. The van der Waals surface area contributed by atoms with Crippen molar-refractivity contribution in [2.45, 2.75) is 71.2 Å². The molecule has 2 aromatic carbocycles. The van der Waals surface area contributed by atoms with Gasteiger partial charge in [0.15, 0.2) is 0 Å². The van der Waals surface area contributed by atoms with E-state index in [4.69, 9.17) is 9.47 Å². The number of benzene rings is 2. The van der Waals surface area contributed by atoms with Gasteiger partial charge in [0, 0.05) is 13.5 Å². The van der Waals surface area contributed by atoms with E-state index >= 15 is 0 Å². The summed E-state index contributed by atoms with van der Waals surface area (Å²) in [5.74, 6) is -1.86. The fourth-order valence-corrected chi connectivity index (χ4v) is 3.60. The van der Waals surface area contributed by atoms with Crippen LogP contribution in [0.15, 0.2) is 54.6 Å². The smallest absolute Gasteiger partial charge is 0.408 e. The van der Waals surface area contributed by atoms with Crippen molar-refractivity contribution in [2.75, 3.05) is 13.6 Å². The number of aromatic hydroxyl groups is 1. The molecule has 0 radical (unpaired) electrons. The highest BCUT2D eigenvalue weighted by molar-refractivity contribution is 5.92. The van der Waals surface area contributed by atoms with E-state index in [0.717, 1.165) is 10.5 Å². The molecule has 0 saturated heterocycles. The third kappa shape index (κ3) is 10.7.